The van der Waals surface area contributed by atoms with Crippen LogP contribution in [0.3, 0.4) is 0 Å². The molecule has 1 aliphatic rings. The van der Waals surface area contributed by atoms with Gasteiger partial charge in [-0.3, -0.25) is 9.97 Å². The highest BCUT2D eigenvalue weighted by Gasteiger charge is 2.18. The summed E-state index contributed by atoms with van der Waals surface area (Å²) < 4.78 is 5.57. The number of nitrogens with zero attached hydrogens (tertiary/aromatic N) is 2. The van der Waals surface area contributed by atoms with E-state index in [4.69, 9.17) is 4.74 Å². The van der Waals surface area contributed by atoms with E-state index in [1.807, 2.05) is 6.20 Å². The lowest BCUT2D eigenvalue weighted by Gasteiger charge is -2.18. The van der Waals surface area contributed by atoms with Crippen LogP contribution in [0.4, 0.5) is 0 Å². The van der Waals surface area contributed by atoms with Crippen LogP contribution in [0, 0.1) is 0 Å². The summed E-state index contributed by atoms with van der Waals surface area (Å²) in [6, 6.07) is 6.50. The highest BCUT2D eigenvalue weighted by atomic mass is 16.5. The number of nitrogens with one attached hydrogen (secondary N) is 1. The third-order valence-electron chi connectivity index (χ3n) is 3.52. The van der Waals surface area contributed by atoms with E-state index < -0.39 is 0 Å². The maximum atomic E-state index is 5.57. The Bertz CT molecular complexity index is 571. The monoisotopic (exact) mass is 269 g/mol. The molecule has 0 saturated carbocycles. The van der Waals surface area contributed by atoms with Crippen LogP contribution in [-0.2, 0) is 6.42 Å². The first-order valence-corrected chi connectivity index (χ1v) is 7.13. The number of hydrogen-bond acceptors (Lipinski definition) is 4. The molecule has 0 bridgehead atoms. The fourth-order valence-electron chi connectivity index (χ4n) is 2.53. The molecule has 1 aromatic carbocycles. The number of hydrogen-bond donors (Lipinski definition) is 1. The van der Waals surface area contributed by atoms with Crippen LogP contribution >= 0.6 is 0 Å². The zero-order valence-electron chi connectivity index (χ0n) is 11.7. The number of rotatable bonds is 5. The zero-order valence-corrected chi connectivity index (χ0v) is 11.7. The molecule has 0 aliphatic carbocycles. The topological polar surface area (TPSA) is 47.0 Å². The number of fused-ring (bicyclic) bond motifs is 1. The molecule has 4 nitrogen and oxygen atoms in total. The molecular weight excluding hydrogens is 250 g/mol. The van der Waals surface area contributed by atoms with Crippen LogP contribution in [0.25, 0.3) is 0 Å². The molecule has 104 valence electrons. The Labute approximate surface area is 119 Å². The van der Waals surface area contributed by atoms with Gasteiger partial charge in [-0.1, -0.05) is 19.1 Å². The van der Waals surface area contributed by atoms with E-state index in [-0.39, 0.29) is 6.04 Å². The number of benzene rings is 1. The standard InChI is InChI=1S/C16H19N3O/c1-2-6-19-16(14-11-17-7-8-18-14)13-3-4-15-12(10-13)5-9-20-15/h3-4,7-8,10-11,16,19H,2,5-6,9H2,1H3. The van der Waals surface area contributed by atoms with Crippen LogP contribution in [-0.4, -0.2) is 23.1 Å². The van der Waals surface area contributed by atoms with Crippen LogP contribution in [0.5, 0.6) is 5.75 Å². The van der Waals surface area contributed by atoms with E-state index in [1.165, 1.54) is 11.1 Å². The third kappa shape index (κ3) is 2.65. The molecule has 1 atom stereocenters. The average molecular weight is 269 g/mol. The molecule has 2 aromatic rings. The van der Waals surface area contributed by atoms with Gasteiger partial charge in [-0.2, -0.15) is 0 Å². The van der Waals surface area contributed by atoms with Crippen LogP contribution < -0.4 is 10.1 Å². The fraction of sp³-hybridized carbons (Fsp3) is 0.375. The largest absolute Gasteiger partial charge is 0.493 e. The molecule has 1 N–H and O–H groups in total. The highest BCUT2D eigenvalue weighted by molar-refractivity contribution is 5.42. The van der Waals surface area contributed by atoms with Gasteiger partial charge in [0.15, 0.2) is 0 Å². The zero-order chi connectivity index (χ0) is 13.8. The summed E-state index contributed by atoms with van der Waals surface area (Å²) in [4.78, 5) is 8.63. The molecule has 1 unspecified atom stereocenters. The Morgan fingerprint density at radius 3 is 3.10 bits per heavy atom. The number of aromatic nitrogens is 2. The maximum Gasteiger partial charge on any atom is 0.122 e. The minimum absolute atomic E-state index is 0.0922. The predicted octanol–water partition coefficient (Wildman–Crippen LogP) is 2.50. The molecule has 0 saturated heterocycles. The SMILES string of the molecule is CCCNC(c1ccc2c(c1)CCO2)c1cnccn1. The van der Waals surface area contributed by atoms with Crippen LogP contribution in [0.1, 0.15) is 36.2 Å². The molecule has 0 amide bonds. The van der Waals surface area contributed by atoms with Crippen molar-refractivity contribution in [1.82, 2.24) is 15.3 Å². The molecule has 1 aliphatic heterocycles. The maximum absolute atomic E-state index is 5.57. The van der Waals surface area contributed by atoms with Gasteiger partial charge in [-0.25, -0.2) is 0 Å². The molecule has 3 rings (SSSR count). The fourth-order valence-corrected chi connectivity index (χ4v) is 2.53. The van der Waals surface area contributed by atoms with Crippen molar-refractivity contribution in [3.05, 3.63) is 53.6 Å². The van der Waals surface area contributed by atoms with Crippen LogP contribution in [0.15, 0.2) is 36.8 Å². The van der Waals surface area contributed by atoms with Gasteiger partial charge in [0.1, 0.15) is 5.75 Å². The van der Waals surface area contributed by atoms with Gasteiger partial charge in [0.2, 0.25) is 0 Å². The third-order valence-corrected chi connectivity index (χ3v) is 3.52. The number of ether oxygens (including phenoxy) is 1. The van der Waals surface area contributed by atoms with E-state index in [2.05, 4.69) is 40.4 Å². The summed E-state index contributed by atoms with van der Waals surface area (Å²) in [6.07, 6.45) is 7.36. The Balaban J connectivity index is 1.92. The van der Waals surface area contributed by atoms with Gasteiger partial charge in [0.25, 0.3) is 0 Å². The van der Waals surface area contributed by atoms with Gasteiger partial charge in [-0.15, -0.1) is 0 Å². The van der Waals surface area contributed by atoms with Gasteiger partial charge >= 0.3 is 0 Å². The van der Waals surface area contributed by atoms with E-state index in [9.17, 15) is 0 Å². The molecule has 4 heteroatoms. The molecule has 0 fully saturated rings. The minimum Gasteiger partial charge on any atom is -0.493 e. The lowest BCUT2D eigenvalue weighted by atomic mass is 10.00. The van der Waals surface area contributed by atoms with E-state index in [0.29, 0.717) is 0 Å². The summed E-state index contributed by atoms with van der Waals surface area (Å²) in [6.45, 7) is 3.91. The molecule has 0 spiro atoms. The second-order valence-electron chi connectivity index (χ2n) is 4.98. The Hall–Kier alpha value is -1.94. The molecule has 0 radical (unpaired) electrons. The van der Waals surface area contributed by atoms with Crippen molar-refractivity contribution in [2.75, 3.05) is 13.2 Å². The van der Waals surface area contributed by atoms with Crippen molar-refractivity contribution in [3.63, 3.8) is 0 Å². The summed E-state index contributed by atoms with van der Waals surface area (Å²) in [5.74, 6) is 1.02. The second-order valence-corrected chi connectivity index (χ2v) is 4.98. The van der Waals surface area contributed by atoms with Crippen LogP contribution in [0.2, 0.25) is 0 Å². The first-order valence-electron chi connectivity index (χ1n) is 7.13. The minimum atomic E-state index is 0.0922. The Morgan fingerprint density at radius 1 is 1.35 bits per heavy atom. The van der Waals surface area contributed by atoms with Gasteiger partial charge < -0.3 is 10.1 Å². The van der Waals surface area contributed by atoms with Crippen molar-refractivity contribution < 1.29 is 4.74 Å². The van der Waals surface area contributed by atoms with Crippen molar-refractivity contribution in [2.24, 2.45) is 0 Å². The Kier molecular flexibility index (Phi) is 3.92. The quantitative estimate of drug-likeness (QED) is 0.906. The summed E-state index contributed by atoms with van der Waals surface area (Å²) in [5, 5.41) is 3.55. The van der Waals surface area contributed by atoms with Crippen molar-refractivity contribution >= 4 is 0 Å². The second kappa shape index (κ2) is 6.01. The highest BCUT2D eigenvalue weighted by Crippen LogP contribution is 2.29. The first-order chi connectivity index (χ1) is 9.88. The normalized spacial score (nSPS) is 14.7. The molecule has 1 aromatic heterocycles. The lowest BCUT2D eigenvalue weighted by molar-refractivity contribution is 0.357. The summed E-state index contributed by atoms with van der Waals surface area (Å²) in [5.41, 5.74) is 3.47. The van der Waals surface area contributed by atoms with E-state index in [0.717, 1.165) is 37.4 Å². The Morgan fingerprint density at radius 2 is 2.30 bits per heavy atom. The molecule has 20 heavy (non-hydrogen) atoms. The lowest BCUT2D eigenvalue weighted by Crippen LogP contribution is -2.24. The van der Waals surface area contributed by atoms with Crippen molar-refractivity contribution in [3.8, 4) is 5.75 Å². The van der Waals surface area contributed by atoms with E-state index >= 15 is 0 Å². The summed E-state index contributed by atoms with van der Waals surface area (Å²) in [7, 11) is 0. The predicted molar refractivity (Wildman–Crippen MR) is 77.8 cm³/mol. The molecular formula is C16H19N3O. The summed E-state index contributed by atoms with van der Waals surface area (Å²) >= 11 is 0. The molecule has 2 heterocycles. The van der Waals surface area contributed by atoms with Crippen molar-refractivity contribution in [2.45, 2.75) is 25.8 Å². The smallest absolute Gasteiger partial charge is 0.122 e. The van der Waals surface area contributed by atoms with Crippen molar-refractivity contribution in [1.29, 1.82) is 0 Å². The average Bonchev–Trinajstić information content (AvgIpc) is 2.96. The van der Waals surface area contributed by atoms with Gasteiger partial charge in [0, 0.05) is 18.8 Å². The van der Waals surface area contributed by atoms with Gasteiger partial charge in [0.05, 0.1) is 24.5 Å². The van der Waals surface area contributed by atoms with Gasteiger partial charge in [-0.05, 0) is 30.2 Å². The first kappa shape index (κ1) is 13.1. The van der Waals surface area contributed by atoms with E-state index in [1.54, 1.807) is 12.4 Å².